The van der Waals surface area contributed by atoms with E-state index in [1.54, 1.807) is 19.2 Å². The SMILES string of the molecule is CCOC(=O)c1ccc(C)cc1-c1ccccn1. The number of ether oxygens (including phenoxy) is 1. The molecule has 0 aliphatic heterocycles. The van der Waals surface area contributed by atoms with E-state index in [1.807, 2.05) is 37.3 Å². The molecule has 0 bridgehead atoms. The molecule has 2 aromatic rings. The number of carbonyl (C=O) groups is 1. The van der Waals surface area contributed by atoms with Crippen LogP contribution in [0.3, 0.4) is 0 Å². The monoisotopic (exact) mass is 241 g/mol. The van der Waals surface area contributed by atoms with Gasteiger partial charge in [-0.25, -0.2) is 4.79 Å². The topological polar surface area (TPSA) is 39.2 Å². The summed E-state index contributed by atoms with van der Waals surface area (Å²) in [4.78, 5) is 16.2. The Morgan fingerprint density at radius 2 is 2.11 bits per heavy atom. The van der Waals surface area contributed by atoms with E-state index in [4.69, 9.17) is 4.74 Å². The van der Waals surface area contributed by atoms with E-state index in [9.17, 15) is 4.79 Å². The standard InChI is InChI=1S/C15H15NO2/c1-3-18-15(17)12-8-7-11(2)10-13(12)14-6-4-5-9-16-14/h4-10H,3H2,1-2H3. The lowest BCUT2D eigenvalue weighted by molar-refractivity contribution is 0.0527. The fourth-order valence-electron chi connectivity index (χ4n) is 1.78. The maximum Gasteiger partial charge on any atom is 0.338 e. The van der Waals surface area contributed by atoms with Gasteiger partial charge in [0.15, 0.2) is 0 Å². The summed E-state index contributed by atoms with van der Waals surface area (Å²) < 4.78 is 5.06. The Kier molecular flexibility index (Phi) is 3.72. The molecule has 92 valence electrons. The molecule has 0 saturated heterocycles. The van der Waals surface area contributed by atoms with Crippen molar-refractivity contribution in [3.8, 4) is 11.3 Å². The quantitative estimate of drug-likeness (QED) is 0.774. The van der Waals surface area contributed by atoms with E-state index in [-0.39, 0.29) is 5.97 Å². The lowest BCUT2D eigenvalue weighted by atomic mass is 10.0. The van der Waals surface area contributed by atoms with Gasteiger partial charge in [0.25, 0.3) is 0 Å². The van der Waals surface area contributed by atoms with Crippen LogP contribution in [-0.2, 0) is 4.74 Å². The summed E-state index contributed by atoms with van der Waals surface area (Å²) in [6, 6.07) is 11.3. The first kappa shape index (κ1) is 12.3. The summed E-state index contributed by atoms with van der Waals surface area (Å²) in [5, 5.41) is 0. The predicted molar refractivity (Wildman–Crippen MR) is 70.4 cm³/mol. The minimum atomic E-state index is -0.307. The average molecular weight is 241 g/mol. The van der Waals surface area contributed by atoms with Crippen LogP contribution in [-0.4, -0.2) is 17.6 Å². The Morgan fingerprint density at radius 1 is 1.28 bits per heavy atom. The van der Waals surface area contributed by atoms with E-state index in [0.29, 0.717) is 12.2 Å². The molecule has 3 nitrogen and oxygen atoms in total. The van der Waals surface area contributed by atoms with Gasteiger partial charge in [-0.15, -0.1) is 0 Å². The van der Waals surface area contributed by atoms with Gasteiger partial charge in [0.05, 0.1) is 17.9 Å². The molecule has 0 atom stereocenters. The molecule has 0 N–H and O–H groups in total. The summed E-state index contributed by atoms with van der Waals surface area (Å²) >= 11 is 0. The van der Waals surface area contributed by atoms with E-state index in [2.05, 4.69) is 4.98 Å². The van der Waals surface area contributed by atoms with Crippen LogP contribution < -0.4 is 0 Å². The van der Waals surface area contributed by atoms with Crippen LogP contribution in [0.25, 0.3) is 11.3 Å². The number of esters is 1. The molecule has 0 fully saturated rings. The zero-order valence-corrected chi connectivity index (χ0v) is 10.5. The number of pyridine rings is 1. The van der Waals surface area contributed by atoms with Crippen molar-refractivity contribution in [2.45, 2.75) is 13.8 Å². The van der Waals surface area contributed by atoms with Crippen molar-refractivity contribution in [2.24, 2.45) is 0 Å². The van der Waals surface area contributed by atoms with Gasteiger partial charge in [0, 0.05) is 11.8 Å². The Balaban J connectivity index is 2.51. The van der Waals surface area contributed by atoms with E-state index < -0.39 is 0 Å². The van der Waals surface area contributed by atoms with Crippen molar-refractivity contribution in [3.63, 3.8) is 0 Å². The largest absolute Gasteiger partial charge is 0.462 e. The highest BCUT2D eigenvalue weighted by Gasteiger charge is 2.14. The number of hydrogen-bond acceptors (Lipinski definition) is 3. The number of hydrogen-bond donors (Lipinski definition) is 0. The number of aryl methyl sites for hydroxylation is 1. The number of rotatable bonds is 3. The first-order valence-corrected chi connectivity index (χ1v) is 5.91. The number of carbonyl (C=O) groups excluding carboxylic acids is 1. The highest BCUT2D eigenvalue weighted by molar-refractivity contribution is 5.96. The first-order valence-electron chi connectivity index (χ1n) is 5.91. The highest BCUT2D eigenvalue weighted by Crippen LogP contribution is 2.23. The van der Waals surface area contributed by atoms with E-state index >= 15 is 0 Å². The molecule has 3 heteroatoms. The number of nitrogens with zero attached hydrogens (tertiary/aromatic N) is 1. The number of aromatic nitrogens is 1. The molecule has 0 unspecified atom stereocenters. The third kappa shape index (κ3) is 2.56. The van der Waals surface area contributed by atoms with Gasteiger partial charge in [-0.2, -0.15) is 0 Å². The van der Waals surface area contributed by atoms with Crippen LogP contribution in [0.15, 0.2) is 42.6 Å². The maximum absolute atomic E-state index is 11.9. The van der Waals surface area contributed by atoms with Crippen molar-refractivity contribution in [1.29, 1.82) is 0 Å². The second kappa shape index (κ2) is 5.45. The molecule has 2 rings (SSSR count). The molecule has 0 spiro atoms. The molecular weight excluding hydrogens is 226 g/mol. The Morgan fingerprint density at radius 3 is 2.78 bits per heavy atom. The molecular formula is C15H15NO2. The van der Waals surface area contributed by atoms with Crippen LogP contribution in [0.4, 0.5) is 0 Å². The molecule has 0 aliphatic rings. The molecule has 0 radical (unpaired) electrons. The Labute approximate surface area is 106 Å². The lowest BCUT2D eigenvalue weighted by Gasteiger charge is -2.09. The lowest BCUT2D eigenvalue weighted by Crippen LogP contribution is -2.07. The molecule has 1 aromatic heterocycles. The zero-order chi connectivity index (χ0) is 13.0. The van der Waals surface area contributed by atoms with Crippen LogP contribution in [0, 0.1) is 6.92 Å². The van der Waals surface area contributed by atoms with Gasteiger partial charge in [-0.3, -0.25) is 4.98 Å². The third-order valence-electron chi connectivity index (χ3n) is 2.61. The minimum Gasteiger partial charge on any atom is -0.462 e. The Hall–Kier alpha value is -2.16. The van der Waals surface area contributed by atoms with E-state index in [0.717, 1.165) is 16.8 Å². The second-order valence-corrected chi connectivity index (χ2v) is 3.98. The molecule has 1 heterocycles. The van der Waals surface area contributed by atoms with Gasteiger partial charge < -0.3 is 4.74 Å². The van der Waals surface area contributed by atoms with Gasteiger partial charge >= 0.3 is 5.97 Å². The minimum absolute atomic E-state index is 0.307. The maximum atomic E-state index is 11.9. The van der Waals surface area contributed by atoms with Crippen LogP contribution >= 0.6 is 0 Å². The molecule has 0 saturated carbocycles. The fraction of sp³-hybridized carbons (Fsp3) is 0.200. The Bertz CT molecular complexity index is 550. The van der Waals surface area contributed by atoms with Gasteiger partial charge in [0.2, 0.25) is 0 Å². The smallest absolute Gasteiger partial charge is 0.338 e. The summed E-state index contributed by atoms with van der Waals surface area (Å²) in [5.74, 6) is -0.307. The summed E-state index contributed by atoms with van der Waals surface area (Å²) in [7, 11) is 0. The zero-order valence-electron chi connectivity index (χ0n) is 10.5. The average Bonchev–Trinajstić information content (AvgIpc) is 2.40. The van der Waals surface area contributed by atoms with Crippen LogP contribution in [0.5, 0.6) is 0 Å². The van der Waals surface area contributed by atoms with Crippen molar-refractivity contribution in [3.05, 3.63) is 53.7 Å². The summed E-state index contributed by atoms with van der Waals surface area (Å²) in [5.41, 5.74) is 3.24. The van der Waals surface area contributed by atoms with Crippen LogP contribution in [0.1, 0.15) is 22.8 Å². The van der Waals surface area contributed by atoms with Gasteiger partial charge in [-0.05, 0) is 38.1 Å². The number of benzene rings is 1. The van der Waals surface area contributed by atoms with Crippen molar-refractivity contribution >= 4 is 5.97 Å². The molecule has 0 aliphatic carbocycles. The van der Waals surface area contributed by atoms with Gasteiger partial charge in [-0.1, -0.05) is 17.7 Å². The van der Waals surface area contributed by atoms with Gasteiger partial charge in [0.1, 0.15) is 0 Å². The second-order valence-electron chi connectivity index (χ2n) is 3.98. The van der Waals surface area contributed by atoms with Crippen LogP contribution in [0.2, 0.25) is 0 Å². The third-order valence-corrected chi connectivity index (χ3v) is 2.61. The van der Waals surface area contributed by atoms with Crippen molar-refractivity contribution in [1.82, 2.24) is 4.98 Å². The molecule has 0 amide bonds. The summed E-state index contributed by atoms with van der Waals surface area (Å²) in [6.07, 6.45) is 1.71. The molecule has 1 aromatic carbocycles. The first-order chi connectivity index (χ1) is 8.72. The van der Waals surface area contributed by atoms with Crippen molar-refractivity contribution < 1.29 is 9.53 Å². The predicted octanol–water partition coefficient (Wildman–Crippen LogP) is 3.23. The fourth-order valence-corrected chi connectivity index (χ4v) is 1.78. The highest BCUT2D eigenvalue weighted by atomic mass is 16.5. The van der Waals surface area contributed by atoms with E-state index in [1.165, 1.54) is 0 Å². The van der Waals surface area contributed by atoms with Crippen molar-refractivity contribution in [2.75, 3.05) is 6.61 Å². The molecule has 18 heavy (non-hydrogen) atoms. The normalized spacial score (nSPS) is 10.1. The summed E-state index contributed by atoms with van der Waals surface area (Å²) in [6.45, 7) is 4.16.